The lowest BCUT2D eigenvalue weighted by Gasteiger charge is -2.08. The van der Waals surface area contributed by atoms with Crippen molar-refractivity contribution in [2.75, 3.05) is 27.6 Å². The van der Waals surface area contributed by atoms with Crippen molar-refractivity contribution in [2.45, 2.75) is 6.37 Å². The largest absolute Gasteiger partial charge is 0.497 e. The average Bonchev–Trinajstić information content (AvgIpc) is 2.86. The number of methoxy groups -OCH3 is 1. The highest BCUT2D eigenvalue weighted by Crippen LogP contribution is 2.23. The number of aromatic amines is 1. The zero-order valence-electron chi connectivity index (χ0n) is 18.7. The Morgan fingerprint density at radius 1 is 1.50 bits per heavy atom. The maximum absolute atomic E-state index is 8.26. The van der Waals surface area contributed by atoms with E-state index in [0.717, 1.165) is 0 Å². The number of aromatic nitrogens is 1. The van der Waals surface area contributed by atoms with Crippen LogP contribution in [0.5, 0.6) is 5.75 Å². The second-order valence-corrected chi connectivity index (χ2v) is 3.19. The molecule has 0 aliphatic rings. The van der Waals surface area contributed by atoms with Crippen LogP contribution in [0.15, 0.2) is 24.4 Å². The monoisotopic (exact) mass is 228 g/mol. The molecule has 0 radical (unpaired) electrons. The first-order valence-electron chi connectivity index (χ1n) is 9.60. The molecule has 0 spiro atoms. The van der Waals surface area contributed by atoms with E-state index in [-0.39, 0.29) is 15.8 Å². The van der Waals surface area contributed by atoms with E-state index in [1.165, 1.54) is 25.4 Å². The van der Waals surface area contributed by atoms with Crippen molar-refractivity contribution in [2.24, 2.45) is 0 Å². The molecule has 2 rings (SSSR count). The molecule has 3 heteroatoms. The van der Waals surface area contributed by atoms with Crippen LogP contribution in [0.25, 0.3) is 10.9 Å². The Kier molecular flexibility index (Phi) is 1.17. The fourth-order valence-electron chi connectivity index (χ4n) is 1.45. The maximum atomic E-state index is 8.26. The van der Waals surface area contributed by atoms with E-state index in [0.29, 0.717) is 11.3 Å². The minimum atomic E-state index is -3.38. The molecule has 0 unspecified atom stereocenters. The summed E-state index contributed by atoms with van der Waals surface area (Å²) in [5.74, 6) is 0.487. The van der Waals surface area contributed by atoms with Gasteiger partial charge in [0.1, 0.15) is 5.75 Å². The Hall–Kier alpha value is -1.48. The van der Waals surface area contributed by atoms with E-state index >= 15 is 0 Å². The van der Waals surface area contributed by atoms with Gasteiger partial charge in [-0.2, -0.15) is 0 Å². The Balaban J connectivity index is 2.64. The van der Waals surface area contributed by atoms with Crippen LogP contribution in [-0.4, -0.2) is 37.4 Å². The Morgan fingerprint density at radius 2 is 2.38 bits per heavy atom. The normalized spacial score (nSPS) is 23.9. The van der Waals surface area contributed by atoms with Gasteiger partial charge in [-0.3, -0.25) is 0 Å². The number of likely N-dealkylation sites (N-methyl/N-ethyl adjacent to an activating group) is 1. The Labute approximate surface area is 110 Å². The number of hydrogen-bond acceptors (Lipinski definition) is 2. The minimum absolute atomic E-state index is 0.196. The third-order valence-corrected chi connectivity index (χ3v) is 2.19. The van der Waals surface area contributed by atoms with Crippen molar-refractivity contribution >= 4 is 10.9 Å². The number of benzene rings is 1. The molecule has 0 atom stereocenters. The van der Waals surface area contributed by atoms with Crippen LogP contribution in [0, 0.1) is 0 Å². The zero-order chi connectivity index (χ0) is 20.1. The van der Waals surface area contributed by atoms with Crippen LogP contribution in [0.3, 0.4) is 0 Å². The molecule has 0 aliphatic carbocycles. The molecule has 3 nitrogen and oxygen atoms in total. The number of fused-ring (bicyclic) bond motifs is 1. The average molecular weight is 228 g/mol. The molecule has 0 saturated carbocycles. The van der Waals surface area contributed by atoms with Gasteiger partial charge in [-0.15, -0.1) is 0 Å². The van der Waals surface area contributed by atoms with Crippen LogP contribution in [0.2, 0.25) is 0 Å². The first kappa shape index (κ1) is 4.08. The van der Waals surface area contributed by atoms with E-state index in [1.54, 1.807) is 6.07 Å². The molecular weight excluding hydrogens is 200 g/mol. The molecule has 1 heterocycles. The summed E-state index contributed by atoms with van der Waals surface area (Å²) in [6.07, 6.45) is -1.76. The Bertz CT molecular complexity index is 778. The molecule has 0 bridgehead atoms. The molecule has 1 N–H and O–H groups in total. The molecule has 86 valence electrons. The van der Waals surface area contributed by atoms with Gasteiger partial charge in [-0.1, -0.05) is 0 Å². The zero-order valence-corrected chi connectivity index (χ0v) is 8.66. The predicted octanol–water partition coefficient (Wildman–Crippen LogP) is 2.28. The van der Waals surface area contributed by atoms with E-state index < -0.39 is 26.8 Å². The van der Waals surface area contributed by atoms with Crippen molar-refractivity contribution in [1.82, 2.24) is 9.88 Å². The van der Waals surface area contributed by atoms with Crippen molar-refractivity contribution in [3.63, 3.8) is 0 Å². The van der Waals surface area contributed by atoms with Crippen LogP contribution in [-0.2, 0) is 6.37 Å². The van der Waals surface area contributed by atoms with Gasteiger partial charge in [0.15, 0.2) is 0 Å². The van der Waals surface area contributed by atoms with E-state index in [4.69, 9.17) is 18.4 Å². The summed E-state index contributed by atoms with van der Waals surface area (Å²) in [7, 11) is 1.45. The topological polar surface area (TPSA) is 28.3 Å². The highest BCUT2D eigenvalue weighted by Gasteiger charge is 2.04. The maximum Gasteiger partial charge on any atom is 0.120 e. The van der Waals surface area contributed by atoms with E-state index in [2.05, 4.69) is 4.98 Å². The van der Waals surface area contributed by atoms with Crippen LogP contribution >= 0.6 is 0 Å². The number of nitrogens with zero attached hydrogens (tertiary/aromatic N) is 1. The van der Waals surface area contributed by atoms with Gasteiger partial charge in [0.25, 0.3) is 0 Å². The van der Waals surface area contributed by atoms with E-state index in [1.807, 2.05) is 0 Å². The van der Waals surface area contributed by atoms with Crippen LogP contribution in [0.1, 0.15) is 19.3 Å². The summed E-state index contributed by atoms with van der Waals surface area (Å²) in [4.78, 5) is 2.39. The third-order valence-electron chi connectivity index (χ3n) is 2.19. The summed E-state index contributed by atoms with van der Waals surface area (Å²) in [5.41, 5.74) is 0.243. The van der Waals surface area contributed by atoms with Gasteiger partial charge in [0.2, 0.25) is 0 Å². The van der Waals surface area contributed by atoms with Gasteiger partial charge in [0.05, 0.1) is 7.11 Å². The lowest BCUT2D eigenvalue weighted by molar-refractivity contribution is 0.414. The van der Waals surface area contributed by atoms with E-state index in [9.17, 15) is 0 Å². The van der Waals surface area contributed by atoms with Gasteiger partial charge < -0.3 is 14.6 Å². The molecule has 16 heavy (non-hydrogen) atoms. The summed E-state index contributed by atoms with van der Waals surface area (Å²) in [6.45, 7) is -10.1. The third kappa shape index (κ3) is 2.19. The highest BCUT2D eigenvalue weighted by molar-refractivity contribution is 5.84. The molecule has 1 aromatic carbocycles. The lowest BCUT2D eigenvalue weighted by Crippen LogP contribution is -2.14. The molecule has 0 fully saturated rings. The molecule has 1 aromatic heterocycles. The summed E-state index contributed by atoms with van der Waals surface area (Å²) in [5, 5.41) is 0.288. The summed E-state index contributed by atoms with van der Waals surface area (Å²) >= 11 is 0. The standard InChI is InChI=1S/C13H18N2O/c1-15(2)7-6-10-9-14-13-8-11(16-3)4-5-12(10)13/h4-5,8-9,14H,6-7H2,1-3H3/i1D3,2D3,6D2,7D2. The van der Waals surface area contributed by atoms with Gasteiger partial charge in [-0.25, -0.2) is 0 Å². The van der Waals surface area contributed by atoms with Gasteiger partial charge in [0, 0.05) is 43.4 Å². The predicted molar refractivity (Wildman–Crippen MR) is 67.1 cm³/mol. The van der Waals surface area contributed by atoms with Gasteiger partial charge in [-0.05, 0) is 38.0 Å². The Morgan fingerprint density at radius 3 is 3.12 bits per heavy atom. The number of ether oxygens (including phenoxy) is 1. The number of aryl methyl sites for hydroxylation is 1. The van der Waals surface area contributed by atoms with Crippen LogP contribution < -0.4 is 4.74 Å². The summed E-state index contributed by atoms with van der Waals surface area (Å²) < 4.78 is 82.1. The molecule has 0 saturated heterocycles. The van der Waals surface area contributed by atoms with Crippen molar-refractivity contribution in [3.05, 3.63) is 30.0 Å². The fourth-order valence-corrected chi connectivity index (χ4v) is 1.45. The summed E-state index contributed by atoms with van der Waals surface area (Å²) in [6, 6.07) is 4.59. The number of rotatable bonds is 4. The first-order chi connectivity index (χ1) is 11.6. The SMILES string of the molecule is [2H]C([2H])([2H])N(C([2H])([2H])[2H])C([2H])([2H])C([2H])([2H])c1c[nH]c2cc(OC)ccc12. The number of hydrogen-bond donors (Lipinski definition) is 1. The first-order valence-corrected chi connectivity index (χ1v) is 4.60. The van der Waals surface area contributed by atoms with Crippen molar-refractivity contribution in [1.29, 1.82) is 0 Å². The molecular formula is C13H18N2O. The second kappa shape index (κ2) is 4.58. The lowest BCUT2D eigenvalue weighted by atomic mass is 10.1. The second-order valence-electron chi connectivity index (χ2n) is 3.19. The number of nitrogens with one attached hydrogen (secondary N) is 1. The number of H-pyrrole nitrogens is 1. The highest BCUT2D eigenvalue weighted by atomic mass is 16.5. The fraction of sp³-hybridized carbons (Fsp3) is 0.385. The van der Waals surface area contributed by atoms with Crippen molar-refractivity contribution in [3.8, 4) is 5.75 Å². The molecule has 0 amide bonds. The minimum Gasteiger partial charge on any atom is -0.497 e. The smallest absolute Gasteiger partial charge is 0.120 e. The van der Waals surface area contributed by atoms with Gasteiger partial charge >= 0.3 is 0 Å². The quantitative estimate of drug-likeness (QED) is 0.869. The van der Waals surface area contributed by atoms with Crippen molar-refractivity contribution < 1.29 is 18.4 Å². The van der Waals surface area contributed by atoms with Crippen LogP contribution in [0.4, 0.5) is 0 Å². The molecule has 0 aliphatic heterocycles. The molecule has 2 aromatic rings.